The topological polar surface area (TPSA) is 60.9 Å². The highest BCUT2D eigenvalue weighted by atomic mass is 16.4. The molecule has 1 heterocycles. The minimum Gasteiger partial charge on any atom is -0.480 e. The van der Waals surface area contributed by atoms with Gasteiger partial charge < -0.3 is 14.9 Å². The summed E-state index contributed by atoms with van der Waals surface area (Å²) >= 11 is 0. The molecule has 0 aromatic heterocycles. The summed E-state index contributed by atoms with van der Waals surface area (Å²) in [6, 6.07) is -0.542. The molecule has 0 fully saturated rings. The minimum atomic E-state index is -0.817. The summed E-state index contributed by atoms with van der Waals surface area (Å²) in [7, 11) is 1.79. The Bertz CT molecular complexity index is 490. The number of carbonyl (C=O) groups excluding carboxylic acids is 1. The van der Waals surface area contributed by atoms with E-state index in [-0.39, 0.29) is 11.8 Å². The lowest BCUT2D eigenvalue weighted by Gasteiger charge is -2.31. The molecule has 0 radical (unpaired) electrons. The third kappa shape index (κ3) is 5.27. The van der Waals surface area contributed by atoms with Crippen LogP contribution in [0.15, 0.2) is 36.7 Å². The molecule has 1 atom stereocenters. The normalized spacial score (nSPS) is 15.4. The fourth-order valence-corrected chi connectivity index (χ4v) is 2.79. The minimum absolute atomic E-state index is 0.000349. The van der Waals surface area contributed by atoms with Gasteiger partial charge in [-0.05, 0) is 31.3 Å². The van der Waals surface area contributed by atoms with E-state index in [9.17, 15) is 14.7 Å². The van der Waals surface area contributed by atoms with Gasteiger partial charge in [-0.2, -0.15) is 0 Å². The summed E-state index contributed by atoms with van der Waals surface area (Å²) in [5.41, 5.74) is 1.59. The number of hydrogen-bond acceptors (Lipinski definition) is 3. The number of carbonyl (C=O) groups is 2. The van der Waals surface area contributed by atoms with E-state index in [0.717, 1.165) is 37.1 Å². The van der Waals surface area contributed by atoms with E-state index in [1.165, 1.54) is 6.08 Å². The van der Waals surface area contributed by atoms with Gasteiger partial charge >= 0.3 is 5.97 Å². The van der Waals surface area contributed by atoms with Gasteiger partial charge in [0.1, 0.15) is 6.04 Å². The molecule has 0 aliphatic carbocycles. The third-order valence-electron chi connectivity index (χ3n) is 4.18. The Kier molecular flexibility index (Phi) is 7.07. The second kappa shape index (κ2) is 8.56. The van der Waals surface area contributed by atoms with E-state index in [1.54, 1.807) is 22.9 Å². The number of carboxylic acid groups (broad SMARTS) is 1. The van der Waals surface area contributed by atoms with Crippen molar-refractivity contribution in [3.63, 3.8) is 0 Å². The van der Waals surface area contributed by atoms with Crippen LogP contribution in [-0.4, -0.2) is 46.4 Å². The van der Waals surface area contributed by atoms with Crippen molar-refractivity contribution >= 4 is 11.9 Å². The van der Waals surface area contributed by atoms with E-state index in [0.29, 0.717) is 6.54 Å². The monoisotopic (exact) mass is 320 g/mol. The molecule has 1 aliphatic heterocycles. The van der Waals surface area contributed by atoms with Crippen LogP contribution < -0.4 is 0 Å². The van der Waals surface area contributed by atoms with Crippen LogP contribution in [0.25, 0.3) is 0 Å². The quantitative estimate of drug-likeness (QED) is 0.629. The SMILES string of the molecule is C=C1C=CC(=O)N1CCCCCC(=C)N(C)C(C(=O)O)C(C)C. The number of amides is 1. The molecule has 5 nitrogen and oxygen atoms in total. The van der Waals surface area contributed by atoms with E-state index < -0.39 is 12.0 Å². The molecule has 23 heavy (non-hydrogen) atoms. The first-order valence-corrected chi connectivity index (χ1v) is 8.07. The lowest BCUT2D eigenvalue weighted by Crippen LogP contribution is -2.41. The Labute approximate surface area is 139 Å². The van der Waals surface area contributed by atoms with Gasteiger partial charge in [0.25, 0.3) is 5.91 Å². The summed E-state index contributed by atoms with van der Waals surface area (Å²) < 4.78 is 0. The standard InChI is InChI=1S/C18H28N2O3/c1-13(2)17(18(22)23)19(5)14(3)9-7-6-8-12-20-15(4)10-11-16(20)21/h10-11,13,17H,3-4,6-9,12H2,1-2,5H3,(H,22,23). The van der Waals surface area contributed by atoms with Crippen LogP contribution in [0.4, 0.5) is 0 Å². The predicted octanol–water partition coefficient (Wildman–Crippen LogP) is 3.01. The number of carboxylic acids is 1. The van der Waals surface area contributed by atoms with Crippen molar-refractivity contribution in [3.8, 4) is 0 Å². The number of aliphatic carboxylic acids is 1. The van der Waals surface area contributed by atoms with E-state index in [2.05, 4.69) is 13.2 Å². The molecule has 1 amide bonds. The fraction of sp³-hybridized carbons (Fsp3) is 0.556. The van der Waals surface area contributed by atoms with Crippen molar-refractivity contribution in [2.24, 2.45) is 5.92 Å². The second-order valence-corrected chi connectivity index (χ2v) is 6.33. The van der Waals surface area contributed by atoms with Crippen LogP contribution in [0.2, 0.25) is 0 Å². The average Bonchev–Trinajstić information content (AvgIpc) is 2.77. The number of likely N-dealkylation sites (N-methyl/N-ethyl adjacent to an activating group) is 1. The van der Waals surface area contributed by atoms with Crippen LogP contribution in [0.5, 0.6) is 0 Å². The molecule has 0 aromatic rings. The molecular formula is C18H28N2O3. The van der Waals surface area contributed by atoms with Gasteiger partial charge in [-0.15, -0.1) is 0 Å². The van der Waals surface area contributed by atoms with Crippen LogP contribution in [0, 0.1) is 5.92 Å². The van der Waals surface area contributed by atoms with Crippen LogP contribution in [-0.2, 0) is 9.59 Å². The molecule has 0 saturated heterocycles. The van der Waals surface area contributed by atoms with Gasteiger partial charge in [0.05, 0.1) is 0 Å². The highest BCUT2D eigenvalue weighted by molar-refractivity contribution is 5.92. The molecular weight excluding hydrogens is 292 g/mol. The van der Waals surface area contributed by atoms with Crippen LogP contribution in [0.1, 0.15) is 39.5 Å². The van der Waals surface area contributed by atoms with Crippen LogP contribution in [0.3, 0.4) is 0 Å². The zero-order valence-corrected chi connectivity index (χ0v) is 14.4. The maximum Gasteiger partial charge on any atom is 0.326 e. The third-order valence-corrected chi connectivity index (χ3v) is 4.18. The number of allylic oxidation sites excluding steroid dienone is 2. The predicted molar refractivity (Wildman–Crippen MR) is 91.6 cm³/mol. The molecule has 0 saturated carbocycles. The Morgan fingerprint density at radius 1 is 1.30 bits per heavy atom. The molecule has 5 heteroatoms. The van der Waals surface area contributed by atoms with Crippen molar-refractivity contribution in [1.29, 1.82) is 0 Å². The van der Waals surface area contributed by atoms with Crippen molar-refractivity contribution < 1.29 is 14.7 Å². The molecule has 1 aliphatic rings. The van der Waals surface area contributed by atoms with Gasteiger partial charge in [0, 0.05) is 31.1 Å². The summed E-state index contributed by atoms with van der Waals surface area (Å²) in [4.78, 5) is 26.3. The summed E-state index contributed by atoms with van der Waals surface area (Å²) in [6.07, 6.45) is 6.82. The molecule has 0 bridgehead atoms. The smallest absolute Gasteiger partial charge is 0.326 e. The Morgan fingerprint density at radius 2 is 1.96 bits per heavy atom. The Hall–Kier alpha value is -2.04. The van der Waals surface area contributed by atoms with E-state index in [4.69, 9.17) is 0 Å². The van der Waals surface area contributed by atoms with Crippen molar-refractivity contribution in [1.82, 2.24) is 9.80 Å². The number of rotatable bonds is 10. The van der Waals surface area contributed by atoms with Gasteiger partial charge in [-0.3, -0.25) is 4.79 Å². The average molecular weight is 320 g/mol. The molecule has 1 rings (SSSR count). The first kappa shape index (κ1) is 19.0. The summed E-state index contributed by atoms with van der Waals surface area (Å²) in [6.45, 7) is 12.3. The fourth-order valence-electron chi connectivity index (χ4n) is 2.79. The number of hydrogen-bond donors (Lipinski definition) is 1. The molecule has 1 N–H and O–H groups in total. The molecule has 1 unspecified atom stereocenters. The largest absolute Gasteiger partial charge is 0.480 e. The first-order valence-electron chi connectivity index (χ1n) is 8.07. The zero-order valence-electron chi connectivity index (χ0n) is 14.4. The lowest BCUT2D eigenvalue weighted by atomic mass is 10.0. The number of nitrogens with zero attached hydrogens (tertiary/aromatic N) is 2. The van der Waals surface area contributed by atoms with Gasteiger partial charge in [-0.1, -0.05) is 33.4 Å². The highest BCUT2D eigenvalue weighted by Crippen LogP contribution is 2.19. The van der Waals surface area contributed by atoms with Crippen molar-refractivity contribution in [2.75, 3.05) is 13.6 Å². The molecule has 128 valence electrons. The van der Waals surface area contributed by atoms with E-state index in [1.807, 2.05) is 13.8 Å². The maximum absolute atomic E-state index is 11.6. The Balaban J connectivity index is 2.30. The molecule has 0 aromatic carbocycles. The summed E-state index contributed by atoms with van der Waals surface area (Å²) in [5.74, 6) is -0.795. The molecule has 0 spiro atoms. The first-order chi connectivity index (χ1) is 10.8. The highest BCUT2D eigenvalue weighted by Gasteiger charge is 2.26. The van der Waals surface area contributed by atoms with Crippen LogP contribution >= 0.6 is 0 Å². The number of unbranched alkanes of at least 4 members (excludes halogenated alkanes) is 2. The van der Waals surface area contributed by atoms with Gasteiger partial charge in [-0.25, -0.2) is 4.79 Å². The maximum atomic E-state index is 11.6. The summed E-state index contributed by atoms with van der Waals surface area (Å²) in [5, 5.41) is 9.31. The van der Waals surface area contributed by atoms with Crippen molar-refractivity contribution in [3.05, 3.63) is 36.7 Å². The lowest BCUT2D eigenvalue weighted by molar-refractivity contribution is -0.143. The van der Waals surface area contributed by atoms with Crippen molar-refractivity contribution in [2.45, 2.75) is 45.6 Å². The van der Waals surface area contributed by atoms with Gasteiger partial charge in [0.15, 0.2) is 0 Å². The Morgan fingerprint density at radius 3 is 2.43 bits per heavy atom. The van der Waals surface area contributed by atoms with E-state index >= 15 is 0 Å². The second-order valence-electron chi connectivity index (χ2n) is 6.33. The zero-order chi connectivity index (χ0) is 17.6. The van der Waals surface area contributed by atoms with Gasteiger partial charge in [0.2, 0.25) is 0 Å².